The Balaban J connectivity index is 2.03. The molecular weight excluding hydrogens is 262 g/mol. The van der Waals surface area contributed by atoms with Crippen molar-refractivity contribution in [3.05, 3.63) is 53.5 Å². The standard InChI is InChI=1S/C14H13NO5/c1-19-10-5-3-2-4-9(10)8-15-13(16)11-6-7-12(20-11)14(17)18/h2-7H,8H2,1H3,(H,15,16)(H,17,18). The van der Waals surface area contributed by atoms with Gasteiger partial charge >= 0.3 is 5.97 Å². The molecule has 0 aliphatic rings. The van der Waals surface area contributed by atoms with Crippen LogP contribution in [0, 0.1) is 0 Å². The molecule has 0 aliphatic carbocycles. The number of ether oxygens (including phenoxy) is 1. The van der Waals surface area contributed by atoms with E-state index in [2.05, 4.69) is 5.32 Å². The molecule has 2 rings (SSSR count). The molecule has 0 radical (unpaired) electrons. The molecule has 0 fully saturated rings. The van der Waals surface area contributed by atoms with Gasteiger partial charge in [-0.2, -0.15) is 0 Å². The molecule has 0 saturated carbocycles. The number of carboxylic acids is 1. The largest absolute Gasteiger partial charge is 0.496 e. The van der Waals surface area contributed by atoms with Gasteiger partial charge in [0.25, 0.3) is 5.91 Å². The second kappa shape index (κ2) is 5.92. The Morgan fingerprint density at radius 3 is 2.55 bits per heavy atom. The van der Waals surface area contributed by atoms with Gasteiger partial charge in [0.05, 0.1) is 7.11 Å². The van der Waals surface area contributed by atoms with Crippen LogP contribution in [0.4, 0.5) is 0 Å². The number of hydrogen-bond acceptors (Lipinski definition) is 4. The van der Waals surface area contributed by atoms with E-state index in [1.807, 2.05) is 18.2 Å². The first kappa shape index (κ1) is 13.7. The average Bonchev–Trinajstić information content (AvgIpc) is 2.95. The van der Waals surface area contributed by atoms with E-state index in [9.17, 15) is 9.59 Å². The quantitative estimate of drug-likeness (QED) is 0.870. The average molecular weight is 275 g/mol. The number of amides is 1. The minimum Gasteiger partial charge on any atom is -0.496 e. The molecule has 1 aromatic heterocycles. The predicted octanol–water partition coefficient (Wildman–Crippen LogP) is 1.92. The minimum atomic E-state index is -1.21. The van der Waals surface area contributed by atoms with Crippen molar-refractivity contribution in [2.75, 3.05) is 7.11 Å². The van der Waals surface area contributed by atoms with Crippen molar-refractivity contribution in [3.8, 4) is 5.75 Å². The first-order valence-corrected chi connectivity index (χ1v) is 5.85. The molecule has 1 amide bonds. The van der Waals surface area contributed by atoms with Crippen LogP contribution in [0.15, 0.2) is 40.8 Å². The lowest BCUT2D eigenvalue weighted by atomic mass is 10.2. The maximum Gasteiger partial charge on any atom is 0.371 e. The van der Waals surface area contributed by atoms with E-state index >= 15 is 0 Å². The van der Waals surface area contributed by atoms with Gasteiger partial charge in [0.1, 0.15) is 5.75 Å². The van der Waals surface area contributed by atoms with E-state index in [4.69, 9.17) is 14.3 Å². The Kier molecular flexibility index (Phi) is 4.05. The van der Waals surface area contributed by atoms with Gasteiger partial charge in [-0.05, 0) is 18.2 Å². The lowest BCUT2D eigenvalue weighted by Crippen LogP contribution is -2.22. The minimum absolute atomic E-state index is 0.0442. The number of hydrogen-bond donors (Lipinski definition) is 2. The third-order valence-electron chi connectivity index (χ3n) is 2.67. The summed E-state index contributed by atoms with van der Waals surface area (Å²) in [5.74, 6) is -1.35. The fourth-order valence-electron chi connectivity index (χ4n) is 1.69. The van der Waals surface area contributed by atoms with Crippen molar-refractivity contribution in [2.24, 2.45) is 0 Å². The number of carbonyl (C=O) groups excluding carboxylic acids is 1. The number of benzene rings is 1. The number of furan rings is 1. The van der Waals surface area contributed by atoms with Crippen LogP contribution in [0.2, 0.25) is 0 Å². The molecule has 0 bridgehead atoms. The van der Waals surface area contributed by atoms with Gasteiger partial charge in [0.2, 0.25) is 5.76 Å². The Morgan fingerprint density at radius 1 is 1.20 bits per heavy atom. The Morgan fingerprint density at radius 2 is 1.90 bits per heavy atom. The van der Waals surface area contributed by atoms with Crippen molar-refractivity contribution < 1.29 is 23.8 Å². The second-order valence-corrected chi connectivity index (χ2v) is 3.96. The summed E-state index contributed by atoms with van der Waals surface area (Å²) in [4.78, 5) is 22.5. The Labute approximate surface area is 115 Å². The summed E-state index contributed by atoms with van der Waals surface area (Å²) >= 11 is 0. The molecular formula is C14H13NO5. The van der Waals surface area contributed by atoms with Gasteiger partial charge in [-0.3, -0.25) is 4.79 Å². The van der Waals surface area contributed by atoms with E-state index in [0.29, 0.717) is 5.75 Å². The zero-order valence-corrected chi connectivity index (χ0v) is 10.8. The lowest BCUT2D eigenvalue weighted by molar-refractivity contribution is 0.0659. The molecule has 2 N–H and O–H groups in total. The fourth-order valence-corrected chi connectivity index (χ4v) is 1.69. The number of para-hydroxylation sites is 1. The SMILES string of the molecule is COc1ccccc1CNC(=O)c1ccc(C(=O)O)o1. The monoisotopic (exact) mass is 275 g/mol. The fraction of sp³-hybridized carbons (Fsp3) is 0.143. The van der Waals surface area contributed by atoms with Crippen LogP contribution < -0.4 is 10.1 Å². The molecule has 2 aromatic rings. The summed E-state index contributed by atoms with van der Waals surface area (Å²) in [5, 5.41) is 11.4. The smallest absolute Gasteiger partial charge is 0.371 e. The van der Waals surface area contributed by atoms with Gasteiger partial charge < -0.3 is 19.6 Å². The maximum absolute atomic E-state index is 11.8. The van der Waals surface area contributed by atoms with Crippen LogP contribution in [0.1, 0.15) is 26.7 Å². The van der Waals surface area contributed by atoms with Crippen molar-refractivity contribution >= 4 is 11.9 Å². The third-order valence-corrected chi connectivity index (χ3v) is 2.67. The number of nitrogens with one attached hydrogen (secondary N) is 1. The molecule has 0 spiro atoms. The molecule has 1 heterocycles. The molecule has 0 saturated heterocycles. The molecule has 6 heteroatoms. The topological polar surface area (TPSA) is 88.8 Å². The van der Waals surface area contributed by atoms with Crippen molar-refractivity contribution in [2.45, 2.75) is 6.54 Å². The lowest BCUT2D eigenvalue weighted by Gasteiger charge is -2.08. The predicted molar refractivity (Wildman–Crippen MR) is 69.8 cm³/mol. The van der Waals surface area contributed by atoms with Crippen LogP contribution in [-0.2, 0) is 6.54 Å². The zero-order valence-electron chi connectivity index (χ0n) is 10.8. The molecule has 104 valence electrons. The van der Waals surface area contributed by atoms with Crippen molar-refractivity contribution in [3.63, 3.8) is 0 Å². The number of carbonyl (C=O) groups is 2. The molecule has 0 unspecified atom stereocenters. The maximum atomic E-state index is 11.8. The summed E-state index contributed by atoms with van der Waals surface area (Å²) in [7, 11) is 1.55. The Bertz CT molecular complexity index is 632. The highest BCUT2D eigenvalue weighted by molar-refractivity contribution is 5.93. The van der Waals surface area contributed by atoms with Crippen LogP contribution in [0.25, 0.3) is 0 Å². The van der Waals surface area contributed by atoms with Gasteiger partial charge in [-0.15, -0.1) is 0 Å². The number of rotatable bonds is 5. The second-order valence-electron chi connectivity index (χ2n) is 3.96. The molecule has 0 aliphatic heterocycles. The number of carboxylic acid groups (broad SMARTS) is 1. The van der Waals surface area contributed by atoms with E-state index in [1.165, 1.54) is 12.1 Å². The van der Waals surface area contributed by atoms with E-state index < -0.39 is 11.9 Å². The van der Waals surface area contributed by atoms with E-state index in [-0.39, 0.29) is 18.1 Å². The van der Waals surface area contributed by atoms with Gasteiger partial charge in [-0.1, -0.05) is 18.2 Å². The van der Waals surface area contributed by atoms with Gasteiger partial charge in [0.15, 0.2) is 5.76 Å². The van der Waals surface area contributed by atoms with Crippen molar-refractivity contribution in [1.82, 2.24) is 5.32 Å². The highest BCUT2D eigenvalue weighted by Gasteiger charge is 2.15. The van der Waals surface area contributed by atoms with Crippen LogP contribution in [-0.4, -0.2) is 24.1 Å². The molecule has 20 heavy (non-hydrogen) atoms. The van der Waals surface area contributed by atoms with Crippen LogP contribution in [0.5, 0.6) is 5.75 Å². The third kappa shape index (κ3) is 2.97. The van der Waals surface area contributed by atoms with Crippen LogP contribution in [0.3, 0.4) is 0 Å². The summed E-state index contributed by atoms with van der Waals surface area (Å²) in [6.45, 7) is 0.256. The molecule has 0 atom stereocenters. The summed E-state index contributed by atoms with van der Waals surface area (Å²) in [6.07, 6.45) is 0. The highest BCUT2D eigenvalue weighted by atomic mass is 16.5. The van der Waals surface area contributed by atoms with Gasteiger partial charge in [-0.25, -0.2) is 4.79 Å². The number of methoxy groups -OCH3 is 1. The first-order valence-electron chi connectivity index (χ1n) is 5.85. The highest BCUT2D eigenvalue weighted by Crippen LogP contribution is 2.17. The van der Waals surface area contributed by atoms with Gasteiger partial charge in [0, 0.05) is 12.1 Å². The van der Waals surface area contributed by atoms with Crippen LogP contribution >= 0.6 is 0 Å². The van der Waals surface area contributed by atoms with E-state index in [0.717, 1.165) is 5.56 Å². The molecule has 1 aromatic carbocycles. The summed E-state index contributed by atoms with van der Waals surface area (Å²) in [6, 6.07) is 9.83. The molecule has 6 nitrogen and oxygen atoms in total. The number of aromatic carboxylic acids is 1. The summed E-state index contributed by atoms with van der Waals surface area (Å²) in [5.41, 5.74) is 0.813. The summed E-state index contributed by atoms with van der Waals surface area (Å²) < 4.78 is 10.1. The van der Waals surface area contributed by atoms with Crippen molar-refractivity contribution in [1.29, 1.82) is 0 Å². The zero-order chi connectivity index (χ0) is 14.5. The normalized spacial score (nSPS) is 10.1. The Hall–Kier alpha value is -2.76. The van der Waals surface area contributed by atoms with E-state index in [1.54, 1.807) is 13.2 Å². The first-order chi connectivity index (χ1) is 9.61.